The summed E-state index contributed by atoms with van der Waals surface area (Å²) < 4.78 is 7.37. The fourth-order valence-corrected chi connectivity index (χ4v) is 2.99. The second-order valence-corrected chi connectivity index (χ2v) is 7.18. The minimum absolute atomic E-state index is 0.557. The molecule has 0 unspecified atom stereocenters. The molecule has 2 heterocycles. The SMILES string of the molecule is Cc1nnc(CNC(=NCc2ccc(Cl)cc2)NCCN2CCOCC2)n1C. The largest absolute Gasteiger partial charge is 0.379 e. The first-order valence-electron chi connectivity index (χ1n) is 9.53. The summed E-state index contributed by atoms with van der Waals surface area (Å²) in [4.78, 5) is 7.10. The molecule has 2 aromatic rings. The van der Waals surface area contributed by atoms with Crippen LogP contribution < -0.4 is 10.6 Å². The monoisotopic (exact) mass is 405 g/mol. The molecular formula is C19H28ClN7O. The van der Waals surface area contributed by atoms with Crippen LogP contribution in [0.2, 0.25) is 5.02 Å². The number of morpholine rings is 1. The van der Waals surface area contributed by atoms with Gasteiger partial charge in [-0.25, -0.2) is 4.99 Å². The van der Waals surface area contributed by atoms with E-state index in [0.29, 0.717) is 13.1 Å². The van der Waals surface area contributed by atoms with Crippen LogP contribution in [0.3, 0.4) is 0 Å². The van der Waals surface area contributed by atoms with E-state index in [4.69, 9.17) is 21.3 Å². The lowest BCUT2D eigenvalue weighted by Gasteiger charge is -2.26. The molecule has 0 saturated carbocycles. The number of aryl methyl sites for hydroxylation is 1. The summed E-state index contributed by atoms with van der Waals surface area (Å²) in [6, 6.07) is 7.74. The highest BCUT2D eigenvalue weighted by atomic mass is 35.5. The summed E-state index contributed by atoms with van der Waals surface area (Å²) in [7, 11) is 1.96. The molecule has 2 N–H and O–H groups in total. The lowest BCUT2D eigenvalue weighted by Crippen LogP contribution is -2.44. The van der Waals surface area contributed by atoms with Gasteiger partial charge in [0.25, 0.3) is 0 Å². The van der Waals surface area contributed by atoms with Crippen LogP contribution >= 0.6 is 11.6 Å². The van der Waals surface area contributed by atoms with E-state index in [1.807, 2.05) is 42.8 Å². The first-order chi connectivity index (χ1) is 13.6. The summed E-state index contributed by atoms with van der Waals surface area (Å²) in [5, 5.41) is 15.8. The summed E-state index contributed by atoms with van der Waals surface area (Å²) >= 11 is 5.96. The third-order valence-corrected chi connectivity index (χ3v) is 5.01. The van der Waals surface area contributed by atoms with Crippen molar-refractivity contribution in [2.24, 2.45) is 12.0 Å². The van der Waals surface area contributed by atoms with Crippen molar-refractivity contribution in [2.45, 2.75) is 20.0 Å². The third kappa shape index (κ3) is 6.19. The van der Waals surface area contributed by atoms with Gasteiger partial charge in [0.2, 0.25) is 0 Å². The predicted octanol–water partition coefficient (Wildman–Crippen LogP) is 1.34. The van der Waals surface area contributed by atoms with Crippen LogP contribution in [0.4, 0.5) is 0 Å². The van der Waals surface area contributed by atoms with Crippen molar-refractivity contribution in [3.8, 4) is 0 Å². The van der Waals surface area contributed by atoms with Crippen molar-refractivity contribution in [2.75, 3.05) is 39.4 Å². The highest BCUT2D eigenvalue weighted by molar-refractivity contribution is 6.30. The average molecular weight is 406 g/mol. The maximum atomic E-state index is 5.96. The van der Waals surface area contributed by atoms with E-state index in [1.165, 1.54) is 0 Å². The van der Waals surface area contributed by atoms with Crippen LogP contribution in [0.5, 0.6) is 0 Å². The van der Waals surface area contributed by atoms with Gasteiger partial charge >= 0.3 is 0 Å². The molecule has 1 aliphatic heterocycles. The number of hydrogen-bond donors (Lipinski definition) is 2. The minimum atomic E-state index is 0.557. The van der Waals surface area contributed by atoms with Gasteiger partial charge in [-0.3, -0.25) is 4.90 Å². The molecular weight excluding hydrogens is 378 g/mol. The Labute approximate surface area is 170 Å². The van der Waals surface area contributed by atoms with E-state index < -0.39 is 0 Å². The first-order valence-corrected chi connectivity index (χ1v) is 9.91. The number of rotatable bonds is 7. The average Bonchev–Trinajstić information content (AvgIpc) is 3.03. The highest BCUT2D eigenvalue weighted by Gasteiger charge is 2.10. The molecule has 8 nitrogen and oxygen atoms in total. The summed E-state index contributed by atoms with van der Waals surface area (Å²) in [5.41, 5.74) is 1.10. The van der Waals surface area contributed by atoms with E-state index >= 15 is 0 Å². The van der Waals surface area contributed by atoms with Gasteiger partial charge in [-0.2, -0.15) is 0 Å². The molecule has 9 heteroatoms. The second-order valence-electron chi connectivity index (χ2n) is 6.75. The van der Waals surface area contributed by atoms with Crippen molar-refractivity contribution >= 4 is 17.6 Å². The molecule has 1 saturated heterocycles. The maximum absolute atomic E-state index is 5.96. The quantitative estimate of drug-likeness (QED) is 0.534. The Kier molecular flexibility index (Phi) is 7.64. The van der Waals surface area contributed by atoms with Gasteiger partial charge in [-0.1, -0.05) is 23.7 Å². The van der Waals surface area contributed by atoms with Crippen molar-refractivity contribution in [1.82, 2.24) is 30.3 Å². The van der Waals surface area contributed by atoms with E-state index in [0.717, 1.165) is 67.6 Å². The summed E-state index contributed by atoms with van der Waals surface area (Å²) in [6.07, 6.45) is 0. The first kappa shape index (κ1) is 20.6. The van der Waals surface area contributed by atoms with Crippen molar-refractivity contribution in [3.05, 3.63) is 46.5 Å². The van der Waals surface area contributed by atoms with Crippen LogP contribution in [-0.2, 0) is 24.9 Å². The van der Waals surface area contributed by atoms with Crippen molar-refractivity contribution in [1.29, 1.82) is 0 Å². The Morgan fingerprint density at radius 3 is 2.61 bits per heavy atom. The minimum Gasteiger partial charge on any atom is -0.379 e. The maximum Gasteiger partial charge on any atom is 0.192 e. The molecule has 1 fully saturated rings. The van der Waals surface area contributed by atoms with Gasteiger partial charge < -0.3 is 19.9 Å². The fraction of sp³-hybridized carbons (Fsp3) is 0.526. The molecule has 1 aromatic carbocycles. The molecule has 28 heavy (non-hydrogen) atoms. The molecule has 152 valence electrons. The molecule has 0 radical (unpaired) electrons. The molecule has 3 rings (SSSR count). The van der Waals surface area contributed by atoms with Crippen molar-refractivity contribution in [3.63, 3.8) is 0 Å². The number of halogens is 1. The Bertz CT molecular complexity index is 769. The Morgan fingerprint density at radius 2 is 1.93 bits per heavy atom. The Hall–Kier alpha value is -2.16. The van der Waals surface area contributed by atoms with E-state index in [-0.39, 0.29) is 0 Å². The molecule has 1 aromatic heterocycles. The van der Waals surface area contributed by atoms with E-state index in [2.05, 4.69) is 25.7 Å². The zero-order valence-corrected chi connectivity index (χ0v) is 17.2. The lowest BCUT2D eigenvalue weighted by atomic mass is 10.2. The molecule has 0 amide bonds. The van der Waals surface area contributed by atoms with Crippen LogP contribution in [-0.4, -0.2) is 65.0 Å². The van der Waals surface area contributed by atoms with Crippen LogP contribution in [0, 0.1) is 6.92 Å². The van der Waals surface area contributed by atoms with Gasteiger partial charge in [-0.15, -0.1) is 10.2 Å². The highest BCUT2D eigenvalue weighted by Crippen LogP contribution is 2.10. The number of aliphatic imine (C=N–C) groups is 1. The van der Waals surface area contributed by atoms with Crippen LogP contribution in [0.25, 0.3) is 0 Å². The number of nitrogens with zero attached hydrogens (tertiary/aromatic N) is 5. The van der Waals surface area contributed by atoms with Gasteiger partial charge in [0, 0.05) is 38.2 Å². The predicted molar refractivity (Wildman–Crippen MR) is 110 cm³/mol. The lowest BCUT2D eigenvalue weighted by molar-refractivity contribution is 0.0389. The zero-order valence-electron chi connectivity index (χ0n) is 16.5. The Balaban J connectivity index is 1.57. The molecule has 0 aliphatic carbocycles. The van der Waals surface area contributed by atoms with E-state index in [9.17, 15) is 0 Å². The number of hydrogen-bond acceptors (Lipinski definition) is 5. The smallest absolute Gasteiger partial charge is 0.192 e. The van der Waals surface area contributed by atoms with Crippen LogP contribution in [0.15, 0.2) is 29.3 Å². The second kappa shape index (κ2) is 10.4. The topological polar surface area (TPSA) is 79.6 Å². The third-order valence-electron chi connectivity index (χ3n) is 4.75. The van der Waals surface area contributed by atoms with Crippen LogP contribution in [0.1, 0.15) is 17.2 Å². The molecule has 0 bridgehead atoms. The Morgan fingerprint density at radius 1 is 1.18 bits per heavy atom. The number of ether oxygens (including phenoxy) is 1. The van der Waals surface area contributed by atoms with Gasteiger partial charge in [-0.05, 0) is 24.6 Å². The molecule has 0 spiro atoms. The summed E-state index contributed by atoms with van der Waals surface area (Å²) in [6.45, 7) is 8.39. The number of benzene rings is 1. The van der Waals surface area contributed by atoms with E-state index in [1.54, 1.807) is 0 Å². The normalized spacial score (nSPS) is 15.6. The molecule has 1 aliphatic rings. The fourth-order valence-electron chi connectivity index (χ4n) is 2.86. The zero-order chi connectivity index (χ0) is 19.8. The van der Waals surface area contributed by atoms with Crippen molar-refractivity contribution < 1.29 is 4.74 Å². The number of aromatic nitrogens is 3. The van der Waals surface area contributed by atoms with Gasteiger partial charge in [0.15, 0.2) is 11.8 Å². The number of nitrogens with one attached hydrogen (secondary N) is 2. The van der Waals surface area contributed by atoms with Gasteiger partial charge in [0.05, 0.1) is 26.3 Å². The summed E-state index contributed by atoms with van der Waals surface area (Å²) in [5.74, 6) is 2.51. The van der Waals surface area contributed by atoms with Gasteiger partial charge in [0.1, 0.15) is 5.82 Å². The number of guanidine groups is 1. The standard InChI is InChI=1S/C19H28ClN7O/c1-15-24-25-18(26(15)2)14-23-19(21-7-8-27-9-11-28-12-10-27)22-13-16-3-5-17(20)6-4-16/h3-6H,7-14H2,1-2H3,(H2,21,22,23). The molecule has 0 atom stereocenters.